The Balaban J connectivity index is 3.17. The summed E-state index contributed by atoms with van der Waals surface area (Å²) in [4.78, 5) is 0. The Morgan fingerprint density at radius 1 is 1.67 bits per heavy atom. The molecule has 0 saturated heterocycles. The van der Waals surface area contributed by atoms with Crippen LogP contribution in [-0.2, 0) is 0 Å². The van der Waals surface area contributed by atoms with E-state index in [4.69, 9.17) is 4.35 Å². The van der Waals surface area contributed by atoms with Crippen LogP contribution in [0.1, 0.15) is 0 Å². The fourth-order valence-corrected chi connectivity index (χ4v) is 1.34. The number of nitrogens with zero attached hydrogens (tertiary/aromatic N) is 2. The third kappa shape index (κ3) is 5.00. The van der Waals surface area contributed by atoms with Crippen LogP contribution in [0.4, 0.5) is 0 Å². The summed E-state index contributed by atoms with van der Waals surface area (Å²) in [5.74, 6) is 0. The van der Waals surface area contributed by atoms with Crippen molar-refractivity contribution in [3.8, 4) is 0 Å². The molecule has 0 atom stereocenters. The first-order chi connectivity index (χ1) is 2.91. The molecule has 1 N–H and O–H groups in total. The first kappa shape index (κ1) is 7.00. The Hall–Kier alpha value is 0.997. The minimum atomic E-state index is -0.411. The van der Waals surface area contributed by atoms with Crippen LogP contribution in [-0.4, -0.2) is 46.6 Å². The van der Waals surface area contributed by atoms with E-state index in [-0.39, 0.29) is 15.2 Å². The summed E-state index contributed by atoms with van der Waals surface area (Å²) in [6.45, 7) is 0. The van der Waals surface area contributed by atoms with E-state index < -0.39 is 15.2 Å². The molecule has 6 heteroatoms. The third-order valence-corrected chi connectivity index (χ3v) is 1.87. The van der Waals surface area contributed by atoms with Gasteiger partial charge < -0.3 is 0 Å². The van der Waals surface area contributed by atoms with Crippen LogP contribution in [0.25, 0.3) is 0 Å². The molecule has 0 aliphatic rings. The van der Waals surface area contributed by atoms with Gasteiger partial charge in [0.05, 0.1) is 0 Å². The fourth-order valence-electron chi connectivity index (χ4n) is 0.0718. The van der Waals surface area contributed by atoms with Crippen molar-refractivity contribution in [3.63, 3.8) is 0 Å². The molecule has 0 amide bonds. The average molecular weight is 124 g/mol. The van der Waals surface area contributed by atoms with E-state index in [1.807, 2.05) is 0 Å². The zero-order chi connectivity index (χ0) is 4.83. The van der Waals surface area contributed by atoms with Crippen LogP contribution in [0, 0.1) is 4.35 Å². The Kier molecular flexibility index (Phi) is 6.99. The summed E-state index contributed by atoms with van der Waals surface area (Å²) in [6.07, 6.45) is 0. The van der Waals surface area contributed by atoms with Crippen molar-refractivity contribution in [3.05, 3.63) is 0 Å². The quantitative estimate of drug-likeness (QED) is 0.483. The summed E-state index contributed by atoms with van der Waals surface area (Å²) < 4.78 is 14.0. The van der Waals surface area contributed by atoms with Gasteiger partial charge in [-0.2, -0.15) is 0 Å². The number of nitrogens with one attached hydrogen (secondary N) is 1. The summed E-state index contributed by atoms with van der Waals surface area (Å²) >= 11 is 1.70. The van der Waals surface area contributed by atoms with Crippen LogP contribution < -0.4 is 0 Å². The second-order valence-corrected chi connectivity index (χ2v) is 3.42. The van der Waals surface area contributed by atoms with E-state index in [9.17, 15) is 0 Å². The van der Waals surface area contributed by atoms with Crippen molar-refractivity contribution in [2.75, 3.05) is 0 Å². The molecule has 3 nitrogen and oxygen atoms in total. The third-order valence-electron chi connectivity index (χ3n) is 0.208. The summed E-state index contributed by atoms with van der Waals surface area (Å²) in [5, 5.41) is 0. The van der Waals surface area contributed by atoms with Gasteiger partial charge in [0.15, 0.2) is 0 Å². The molecule has 0 aliphatic carbocycles. The maximum atomic E-state index is 6.57. The standard InChI is InChI=1S/3Al.HN.2N/h;;;1H;;. The molecule has 0 aliphatic heterocycles. The molecule has 0 saturated carbocycles. The number of hydrogen-bond donors (Lipinski definition) is 1. The van der Waals surface area contributed by atoms with Crippen molar-refractivity contribution < 1.29 is 0 Å². The average Bonchev–Trinajstić information content (AvgIpc) is 1.61. The number of rotatable bonds is 2. The molecule has 0 fully saturated rings. The zero-order valence-electron chi connectivity index (χ0n) is 3.13. The predicted octanol–water partition coefficient (Wildman–Crippen LogP) is -0.477. The first-order valence-corrected chi connectivity index (χ1v) is 3.96. The van der Waals surface area contributed by atoms with E-state index in [1.165, 1.54) is 0 Å². The SMILES string of the molecule is [NH]=[Al][N]=[Al][N]=[Al]. The Labute approximate surface area is 56.6 Å². The molecular weight excluding hydrogens is 123 g/mol. The van der Waals surface area contributed by atoms with Crippen molar-refractivity contribution in [2.45, 2.75) is 0 Å². The molecule has 0 unspecified atom stereocenters. The van der Waals surface area contributed by atoms with Gasteiger partial charge in [-0.05, 0) is 0 Å². The second-order valence-electron chi connectivity index (χ2n) is 0.543. The summed E-state index contributed by atoms with van der Waals surface area (Å²) in [5.41, 5.74) is 0. The van der Waals surface area contributed by atoms with Crippen LogP contribution in [0.2, 0.25) is 0 Å². The molecule has 6 heavy (non-hydrogen) atoms. The van der Waals surface area contributed by atoms with E-state index in [0.29, 0.717) is 0 Å². The Bertz CT molecular complexity index is 64.1. The van der Waals surface area contributed by atoms with Gasteiger partial charge in [0.1, 0.15) is 0 Å². The zero-order valence-corrected chi connectivity index (χ0v) is 6.59. The van der Waals surface area contributed by atoms with Crippen LogP contribution in [0.3, 0.4) is 0 Å². The molecule has 0 rings (SSSR count). The van der Waals surface area contributed by atoms with Crippen LogP contribution in [0.5, 0.6) is 0 Å². The van der Waals surface area contributed by atoms with Crippen LogP contribution in [0.15, 0.2) is 5.82 Å². The van der Waals surface area contributed by atoms with Crippen LogP contribution >= 0.6 is 0 Å². The molecular formula is HAl3N3. The molecule has 0 heterocycles. The normalized spacial score (nSPS) is 6.50. The molecule has 0 spiro atoms. The van der Waals surface area contributed by atoms with E-state index in [2.05, 4.69) is 21.9 Å². The van der Waals surface area contributed by atoms with Crippen molar-refractivity contribution >= 4 is 46.6 Å². The first-order valence-electron chi connectivity index (χ1n) is 1.32. The van der Waals surface area contributed by atoms with Crippen molar-refractivity contribution in [1.82, 2.24) is 0 Å². The topological polar surface area (TPSA) is 48.6 Å². The molecule has 1 radical (unpaired) electrons. The Morgan fingerprint density at radius 3 is 2.50 bits per heavy atom. The van der Waals surface area contributed by atoms with Gasteiger partial charge in [0, 0.05) is 0 Å². The molecule has 0 aromatic rings. The molecule has 0 aromatic carbocycles. The monoisotopic (exact) mass is 124 g/mol. The van der Waals surface area contributed by atoms with E-state index >= 15 is 0 Å². The van der Waals surface area contributed by atoms with Gasteiger partial charge >= 0.3 is 56.8 Å². The fraction of sp³-hybridized carbons (Fsp3) is 0. The van der Waals surface area contributed by atoms with Crippen molar-refractivity contribution in [1.29, 1.82) is 4.35 Å². The van der Waals surface area contributed by atoms with Crippen molar-refractivity contribution in [2.24, 2.45) is 5.82 Å². The predicted molar refractivity (Wildman–Crippen MR) is 24.8 cm³/mol. The van der Waals surface area contributed by atoms with E-state index in [1.54, 1.807) is 0 Å². The Morgan fingerprint density at radius 2 is 2.33 bits per heavy atom. The van der Waals surface area contributed by atoms with E-state index in [0.717, 1.165) is 0 Å². The minimum absolute atomic E-state index is 0.119. The molecule has 0 aromatic heterocycles. The number of hydrogen-bond acceptors (Lipinski definition) is 1. The van der Waals surface area contributed by atoms with Gasteiger partial charge in [-0.1, -0.05) is 0 Å². The van der Waals surface area contributed by atoms with Gasteiger partial charge in [0.25, 0.3) is 0 Å². The van der Waals surface area contributed by atoms with Gasteiger partial charge in [-0.3, -0.25) is 0 Å². The molecule has 0 bridgehead atoms. The summed E-state index contributed by atoms with van der Waals surface area (Å²) in [6, 6.07) is 0. The second kappa shape index (κ2) is 6.00. The van der Waals surface area contributed by atoms with Gasteiger partial charge in [0.2, 0.25) is 0 Å². The molecule has 25 valence electrons. The van der Waals surface area contributed by atoms with Gasteiger partial charge in [-0.15, -0.1) is 0 Å². The summed E-state index contributed by atoms with van der Waals surface area (Å²) in [7, 11) is 0. The maximum absolute atomic E-state index is 6.57. The van der Waals surface area contributed by atoms with Gasteiger partial charge in [-0.25, -0.2) is 0 Å².